The Morgan fingerprint density at radius 1 is 0.811 bits per heavy atom. The molecule has 0 bridgehead atoms. The quantitative estimate of drug-likeness (QED) is 0.0937. The fraction of sp³-hybridized carbons (Fsp3) is 0.167. The lowest BCUT2D eigenvalue weighted by molar-refractivity contribution is -0.123. The van der Waals surface area contributed by atoms with E-state index in [1.807, 2.05) is 42.5 Å². The Hall–Kier alpha value is -4.65. The second kappa shape index (κ2) is 12.9. The van der Waals surface area contributed by atoms with Gasteiger partial charge in [0.05, 0.1) is 18.4 Å². The number of ether oxygens (including phenoxy) is 3. The van der Waals surface area contributed by atoms with Crippen LogP contribution in [0.1, 0.15) is 35.7 Å². The third-order valence-electron chi connectivity index (χ3n) is 5.44. The van der Waals surface area contributed by atoms with Gasteiger partial charge < -0.3 is 14.2 Å². The van der Waals surface area contributed by atoms with E-state index in [1.54, 1.807) is 48.5 Å². The van der Waals surface area contributed by atoms with Crippen molar-refractivity contribution in [3.8, 4) is 17.2 Å². The SMILES string of the molecule is CCCCOc1ccc(C(=O)Oc2ccc(/C=N\NC(=O)COc3ccc4ccccc4c3)cc2)cc1. The van der Waals surface area contributed by atoms with Gasteiger partial charge in [0, 0.05) is 0 Å². The van der Waals surface area contributed by atoms with Gasteiger partial charge in [-0.05, 0) is 83.4 Å². The molecular weight excluding hydrogens is 468 g/mol. The molecule has 0 saturated heterocycles. The number of amides is 1. The van der Waals surface area contributed by atoms with Crippen LogP contribution < -0.4 is 19.6 Å². The number of benzene rings is 4. The molecular formula is C30H28N2O5. The van der Waals surface area contributed by atoms with Crippen LogP contribution in [-0.2, 0) is 4.79 Å². The summed E-state index contributed by atoms with van der Waals surface area (Å²) in [5.41, 5.74) is 3.60. The number of carbonyl (C=O) groups excluding carboxylic acids is 2. The molecule has 37 heavy (non-hydrogen) atoms. The maximum atomic E-state index is 12.4. The molecule has 188 valence electrons. The molecule has 0 aromatic heterocycles. The first-order valence-electron chi connectivity index (χ1n) is 12.1. The van der Waals surface area contributed by atoms with Crippen molar-refractivity contribution in [2.75, 3.05) is 13.2 Å². The topological polar surface area (TPSA) is 86.2 Å². The number of carbonyl (C=O) groups is 2. The van der Waals surface area contributed by atoms with E-state index >= 15 is 0 Å². The Balaban J connectivity index is 1.21. The number of fused-ring (bicyclic) bond motifs is 1. The molecule has 0 unspecified atom stereocenters. The Kier molecular flexibility index (Phi) is 8.86. The van der Waals surface area contributed by atoms with E-state index in [2.05, 4.69) is 17.5 Å². The van der Waals surface area contributed by atoms with Crippen molar-refractivity contribution < 1.29 is 23.8 Å². The van der Waals surface area contributed by atoms with Crippen molar-refractivity contribution in [3.63, 3.8) is 0 Å². The van der Waals surface area contributed by atoms with Gasteiger partial charge in [0.25, 0.3) is 5.91 Å². The van der Waals surface area contributed by atoms with Crippen molar-refractivity contribution in [3.05, 3.63) is 102 Å². The van der Waals surface area contributed by atoms with Crippen molar-refractivity contribution in [1.82, 2.24) is 5.43 Å². The summed E-state index contributed by atoms with van der Waals surface area (Å²) >= 11 is 0. The van der Waals surface area contributed by atoms with Gasteiger partial charge in [-0.2, -0.15) is 5.10 Å². The summed E-state index contributed by atoms with van der Waals surface area (Å²) in [6.07, 6.45) is 3.54. The highest BCUT2D eigenvalue weighted by molar-refractivity contribution is 5.91. The zero-order chi connectivity index (χ0) is 25.9. The zero-order valence-electron chi connectivity index (χ0n) is 20.6. The summed E-state index contributed by atoms with van der Waals surface area (Å²) in [4.78, 5) is 24.4. The molecule has 0 aliphatic carbocycles. The molecule has 4 aromatic rings. The Morgan fingerprint density at radius 2 is 1.51 bits per heavy atom. The average Bonchev–Trinajstić information content (AvgIpc) is 2.93. The van der Waals surface area contributed by atoms with Crippen LogP contribution in [0.25, 0.3) is 10.8 Å². The van der Waals surface area contributed by atoms with Crippen LogP contribution in [0.3, 0.4) is 0 Å². The van der Waals surface area contributed by atoms with Crippen LogP contribution in [0, 0.1) is 0 Å². The van der Waals surface area contributed by atoms with Gasteiger partial charge in [-0.25, -0.2) is 10.2 Å². The Bertz CT molecular complexity index is 1370. The van der Waals surface area contributed by atoms with E-state index in [-0.39, 0.29) is 12.5 Å². The molecule has 0 heterocycles. The maximum Gasteiger partial charge on any atom is 0.343 e. The summed E-state index contributed by atoms with van der Waals surface area (Å²) in [7, 11) is 0. The number of nitrogens with one attached hydrogen (secondary N) is 1. The Labute approximate surface area is 215 Å². The third-order valence-corrected chi connectivity index (χ3v) is 5.44. The van der Waals surface area contributed by atoms with E-state index in [1.165, 1.54) is 6.21 Å². The normalized spacial score (nSPS) is 10.8. The summed E-state index contributed by atoms with van der Waals surface area (Å²) in [6, 6.07) is 27.2. The highest BCUT2D eigenvalue weighted by Gasteiger charge is 2.09. The van der Waals surface area contributed by atoms with Crippen molar-refractivity contribution >= 4 is 28.9 Å². The second-order valence-electron chi connectivity index (χ2n) is 8.28. The molecule has 1 N–H and O–H groups in total. The minimum atomic E-state index is -0.458. The van der Waals surface area contributed by atoms with Crippen LogP contribution in [0.2, 0.25) is 0 Å². The fourth-order valence-electron chi connectivity index (χ4n) is 3.43. The predicted molar refractivity (Wildman–Crippen MR) is 143 cm³/mol. The van der Waals surface area contributed by atoms with E-state index in [0.29, 0.717) is 23.7 Å². The number of esters is 1. The predicted octanol–water partition coefficient (Wildman–Crippen LogP) is 5.77. The van der Waals surface area contributed by atoms with E-state index < -0.39 is 5.97 Å². The van der Waals surface area contributed by atoms with Gasteiger partial charge in [-0.3, -0.25) is 4.79 Å². The molecule has 7 heteroatoms. The lowest BCUT2D eigenvalue weighted by Crippen LogP contribution is -2.24. The number of nitrogens with zero attached hydrogens (tertiary/aromatic N) is 1. The first kappa shape index (κ1) is 25.4. The second-order valence-corrected chi connectivity index (χ2v) is 8.28. The summed E-state index contributed by atoms with van der Waals surface area (Å²) in [5.74, 6) is 0.899. The highest BCUT2D eigenvalue weighted by atomic mass is 16.5. The van der Waals surface area contributed by atoms with Crippen LogP contribution in [0.5, 0.6) is 17.2 Å². The molecule has 0 spiro atoms. The molecule has 0 aliphatic rings. The van der Waals surface area contributed by atoms with Crippen molar-refractivity contribution in [1.29, 1.82) is 0 Å². The van der Waals surface area contributed by atoms with E-state index in [9.17, 15) is 9.59 Å². The summed E-state index contributed by atoms with van der Waals surface area (Å²) in [5, 5.41) is 6.10. The first-order valence-corrected chi connectivity index (χ1v) is 12.1. The largest absolute Gasteiger partial charge is 0.494 e. The number of hydrazone groups is 1. The first-order chi connectivity index (χ1) is 18.1. The Morgan fingerprint density at radius 3 is 2.27 bits per heavy atom. The summed E-state index contributed by atoms with van der Waals surface area (Å²) < 4.78 is 16.6. The zero-order valence-corrected chi connectivity index (χ0v) is 20.6. The molecule has 4 rings (SSSR count). The monoisotopic (exact) mass is 496 g/mol. The van der Waals surface area contributed by atoms with Gasteiger partial charge in [0.1, 0.15) is 17.2 Å². The molecule has 4 aromatic carbocycles. The van der Waals surface area contributed by atoms with Crippen LogP contribution in [0.15, 0.2) is 96.1 Å². The molecule has 0 fully saturated rings. The van der Waals surface area contributed by atoms with E-state index in [4.69, 9.17) is 14.2 Å². The van der Waals surface area contributed by atoms with Crippen molar-refractivity contribution in [2.24, 2.45) is 5.10 Å². The van der Waals surface area contributed by atoms with Crippen LogP contribution in [0.4, 0.5) is 0 Å². The average molecular weight is 497 g/mol. The van der Waals surface area contributed by atoms with Gasteiger partial charge in [-0.1, -0.05) is 43.7 Å². The third kappa shape index (κ3) is 7.67. The fourth-order valence-corrected chi connectivity index (χ4v) is 3.43. The van der Waals surface area contributed by atoms with Gasteiger partial charge in [0.15, 0.2) is 6.61 Å². The molecule has 0 radical (unpaired) electrons. The molecule has 0 atom stereocenters. The number of rotatable bonds is 11. The lowest BCUT2D eigenvalue weighted by Gasteiger charge is -2.07. The summed E-state index contributed by atoms with van der Waals surface area (Å²) in [6.45, 7) is 2.60. The van der Waals surface area contributed by atoms with Crippen molar-refractivity contribution in [2.45, 2.75) is 19.8 Å². The number of hydrogen-bond donors (Lipinski definition) is 1. The minimum Gasteiger partial charge on any atom is -0.494 e. The standard InChI is InChI=1S/C30H28N2O5/c1-2-3-18-35-26-15-11-24(12-16-26)30(34)37-27-13-8-22(9-14-27)20-31-32-29(33)21-36-28-17-10-23-6-4-5-7-25(23)19-28/h4-17,19-20H,2-3,18,21H2,1H3,(H,32,33)/b31-20-. The van der Waals surface area contributed by atoms with Gasteiger partial charge in [-0.15, -0.1) is 0 Å². The number of hydrogen-bond acceptors (Lipinski definition) is 6. The lowest BCUT2D eigenvalue weighted by atomic mass is 10.1. The van der Waals surface area contributed by atoms with Gasteiger partial charge in [0.2, 0.25) is 0 Å². The van der Waals surface area contributed by atoms with Crippen LogP contribution in [-0.4, -0.2) is 31.3 Å². The van der Waals surface area contributed by atoms with Crippen LogP contribution >= 0.6 is 0 Å². The number of unbranched alkanes of at least 4 members (excludes halogenated alkanes) is 1. The molecule has 0 saturated carbocycles. The van der Waals surface area contributed by atoms with Gasteiger partial charge >= 0.3 is 5.97 Å². The van der Waals surface area contributed by atoms with E-state index in [0.717, 1.165) is 34.9 Å². The molecule has 1 amide bonds. The smallest absolute Gasteiger partial charge is 0.343 e. The maximum absolute atomic E-state index is 12.4. The minimum absolute atomic E-state index is 0.156. The molecule has 7 nitrogen and oxygen atoms in total. The molecule has 0 aliphatic heterocycles. The highest BCUT2D eigenvalue weighted by Crippen LogP contribution is 2.20.